The molecule has 1 rings (SSSR count). The molecule has 3 heteroatoms. The number of hydrogen-bond donors (Lipinski definition) is 2. The molecule has 0 aromatic rings. The van der Waals surface area contributed by atoms with Gasteiger partial charge in [-0.05, 0) is 31.1 Å². The van der Waals surface area contributed by atoms with Crippen LogP contribution in [-0.2, 0) is 4.79 Å². The lowest BCUT2D eigenvalue weighted by atomic mass is 9.92. The molecule has 1 aliphatic carbocycles. The minimum absolute atomic E-state index is 0.0512. The zero-order valence-electron chi connectivity index (χ0n) is 8.63. The largest absolute Gasteiger partial charge is 0.355 e. The number of thiol groups is 1. The first kappa shape index (κ1) is 10.9. The fourth-order valence-corrected chi connectivity index (χ4v) is 1.62. The molecule has 0 heterocycles. The van der Waals surface area contributed by atoms with E-state index in [1.807, 2.05) is 0 Å². The summed E-state index contributed by atoms with van der Waals surface area (Å²) in [6, 6.07) is 0. The molecule has 1 N–H and O–H groups in total. The normalized spacial score (nSPS) is 21.3. The summed E-state index contributed by atoms with van der Waals surface area (Å²) in [7, 11) is 0. The van der Waals surface area contributed by atoms with Crippen LogP contribution in [0.1, 0.15) is 33.6 Å². The predicted octanol–water partition coefficient (Wildman–Crippen LogP) is 1.86. The molecule has 1 unspecified atom stereocenters. The standard InChI is InChI=1S/C10H19NOS/c1-7(2)10(4-5-10)6-11-9(12)8(3)13/h7-8,13H,4-6H2,1-3H3,(H,11,12). The van der Waals surface area contributed by atoms with Crippen molar-refractivity contribution in [1.29, 1.82) is 0 Å². The number of carbonyl (C=O) groups is 1. The number of rotatable bonds is 4. The monoisotopic (exact) mass is 201 g/mol. The summed E-state index contributed by atoms with van der Waals surface area (Å²) in [6.45, 7) is 7.08. The van der Waals surface area contributed by atoms with Gasteiger partial charge in [0.25, 0.3) is 0 Å². The molecular formula is C10H19NOS. The van der Waals surface area contributed by atoms with Crippen LogP contribution in [0.25, 0.3) is 0 Å². The Morgan fingerprint density at radius 1 is 1.46 bits per heavy atom. The fourth-order valence-electron chi connectivity index (χ4n) is 1.53. The van der Waals surface area contributed by atoms with E-state index in [0.29, 0.717) is 11.3 Å². The molecule has 2 nitrogen and oxygen atoms in total. The highest BCUT2D eigenvalue weighted by atomic mass is 32.1. The van der Waals surface area contributed by atoms with Gasteiger partial charge < -0.3 is 5.32 Å². The number of amides is 1. The van der Waals surface area contributed by atoms with Crippen molar-refractivity contribution in [2.75, 3.05) is 6.54 Å². The van der Waals surface area contributed by atoms with Crippen molar-refractivity contribution in [3.05, 3.63) is 0 Å². The van der Waals surface area contributed by atoms with Crippen LogP contribution >= 0.6 is 12.6 Å². The van der Waals surface area contributed by atoms with Crippen LogP contribution in [0, 0.1) is 11.3 Å². The second-order valence-electron chi connectivity index (χ2n) is 4.41. The minimum atomic E-state index is -0.192. The maximum atomic E-state index is 11.3. The predicted molar refractivity (Wildman–Crippen MR) is 58.0 cm³/mol. The summed E-state index contributed by atoms with van der Waals surface area (Å²) in [5.74, 6) is 0.721. The first-order chi connectivity index (χ1) is 5.98. The van der Waals surface area contributed by atoms with Crippen molar-refractivity contribution in [3.63, 3.8) is 0 Å². The Hall–Kier alpha value is -0.180. The van der Waals surface area contributed by atoms with Crippen LogP contribution < -0.4 is 5.32 Å². The summed E-state index contributed by atoms with van der Waals surface area (Å²) in [5.41, 5.74) is 0.401. The minimum Gasteiger partial charge on any atom is -0.355 e. The molecule has 0 spiro atoms. The van der Waals surface area contributed by atoms with Gasteiger partial charge in [0.1, 0.15) is 0 Å². The van der Waals surface area contributed by atoms with E-state index in [4.69, 9.17) is 0 Å². The molecule has 0 aliphatic heterocycles. The van der Waals surface area contributed by atoms with Gasteiger partial charge in [-0.3, -0.25) is 4.79 Å². The van der Waals surface area contributed by atoms with Gasteiger partial charge in [0.15, 0.2) is 0 Å². The third-order valence-corrected chi connectivity index (χ3v) is 3.35. The van der Waals surface area contributed by atoms with Crippen molar-refractivity contribution in [2.45, 2.75) is 38.9 Å². The van der Waals surface area contributed by atoms with Crippen molar-refractivity contribution in [3.8, 4) is 0 Å². The molecule has 13 heavy (non-hydrogen) atoms. The van der Waals surface area contributed by atoms with E-state index in [2.05, 4.69) is 31.8 Å². The highest BCUT2D eigenvalue weighted by Crippen LogP contribution is 2.51. The first-order valence-electron chi connectivity index (χ1n) is 4.94. The van der Waals surface area contributed by atoms with Crippen LogP contribution in [-0.4, -0.2) is 17.7 Å². The van der Waals surface area contributed by atoms with Gasteiger partial charge in [0.05, 0.1) is 5.25 Å². The van der Waals surface area contributed by atoms with Crippen molar-refractivity contribution in [1.82, 2.24) is 5.32 Å². The van der Waals surface area contributed by atoms with Gasteiger partial charge in [-0.1, -0.05) is 13.8 Å². The lowest BCUT2D eigenvalue weighted by molar-refractivity contribution is -0.120. The molecule has 0 bridgehead atoms. The number of carbonyl (C=O) groups excluding carboxylic acids is 1. The average Bonchev–Trinajstić information content (AvgIpc) is 2.80. The molecule has 0 radical (unpaired) electrons. The molecule has 1 amide bonds. The van der Waals surface area contributed by atoms with Gasteiger partial charge in [0.2, 0.25) is 5.91 Å². The summed E-state index contributed by atoms with van der Waals surface area (Å²) in [5, 5.41) is 2.76. The molecule has 0 aromatic carbocycles. The van der Waals surface area contributed by atoms with Gasteiger partial charge in [-0.15, -0.1) is 0 Å². The van der Waals surface area contributed by atoms with Crippen molar-refractivity contribution < 1.29 is 4.79 Å². The molecule has 0 saturated heterocycles. The van der Waals surface area contributed by atoms with E-state index in [1.54, 1.807) is 6.92 Å². The summed E-state index contributed by atoms with van der Waals surface area (Å²) < 4.78 is 0. The summed E-state index contributed by atoms with van der Waals surface area (Å²) in [6.07, 6.45) is 2.51. The Bertz CT molecular complexity index is 197. The van der Waals surface area contributed by atoms with Crippen LogP contribution in [0.15, 0.2) is 0 Å². The second kappa shape index (κ2) is 3.91. The van der Waals surface area contributed by atoms with Crippen molar-refractivity contribution >= 4 is 18.5 Å². The Morgan fingerprint density at radius 3 is 2.31 bits per heavy atom. The highest BCUT2D eigenvalue weighted by Gasteiger charge is 2.45. The zero-order chi connectivity index (χ0) is 10.1. The molecule has 1 aliphatic rings. The molecular weight excluding hydrogens is 182 g/mol. The van der Waals surface area contributed by atoms with E-state index in [-0.39, 0.29) is 11.2 Å². The molecule has 76 valence electrons. The maximum absolute atomic E-state index is 11.3. The molecule has 0 aromatic heterocycles. The Labute approximate surface area is 85.9 Å². The highest BCUT2D eigenvalue weighted by molar-refractivity contribution is 7.81. The first-order valence-corrected chi connectivity index (χ1v) is 5.45. The van der Waals surface area contributed by atoms with Crippen LogP contribution in [0.2, 0.25) is 0 Å². The number of hydrogen-bond acceptors (Lipinski definition) is 2. The SMILES string of the molecule is CC(S)C(=O)NCC1(C(C)C)CC1. The quantitative estimate of drug-likeness (QED) is 0.668. The molecule has 1 atom stereocenters. The Kier molecular flexibility index (Phi) is 3.28. The van der Waals surface area contributed by atoms with Crippen LogP contribution in [0.5, 0.6) is 0 Å². The Morgan fingerprint density at radius 2 is 2.00 bits per heavy atom. The maximum Gasteiger partial charge on any atom is 0.232 e. The van der Waals surface area contributed by atoms with Gasteiger partial charge in [0, 0.05) is 6.54 Å². The third-order valence-electron chi connectivity index (χ3n) is 3.11. The fraction of sp³-hybridized carbons (Fsp3) is 0.900. The molecule has 1 saturated carbocycles. The topological polar surface area (TPSA) is 29.1 Å². The van der Waals surface area contributed by atoms with Crippen molar-refractivity contribution in [2.24, 2.45) is 11.3 Å². The Balaban J connectivity index is 2.31. The third kappa shape index (κ3) is 2.63. The van der Waals surface area contributed by atoms with E-state index >= 15 is 0 Å². The van der Waals surface area contributed by atoms with E-state index in [0.717, 1.165) is 6.54 Å². The molecule has 1 fully saturated rings. The van der Waals surface area contributed by atoms with Gasteiger partial charge in [-0.25, -0.2) is 0 Å². The zero-order valence-corrected chi connectivity index (χ0v) is 9.53. The second-order valence-corrected chi connectivity index (χ2v) is 5.19. The lowest BCUT2D eigenvalue weighted by Crippen LogP contribution is -2.36. The summed E-state index contributed by atoms with van der Waals surface area (Å²) >= 11 is 4.08. The van der Waals surface area contributed by atoms with E-state index in [9.17, 15) is 4.79 Å². The van der Waals surface area contributed by atoms with Crippen LogP contribution in [0.4, 0.5) is 0 Å². The summed E-state index contributed by atoms with van der Waals surface area (Å²) in [4.78, 5) is 11.3. The van der Waals surface area contributed by atoms with Crippen LogP contribution in [0.3, 0.4) is 0 Å². The lowest BCUT2D eigenvalue weighted by Gasteiger charge is -2.20. The number of nitrogens with one attached hydrogen (secondary N) is 1. The van der Waals surface area contributed by atoms with Gasteiger partial charge >= 0.3 is 0 Å². The van der Waals surface area contributed by atoms with E-state index < -0.39 is 0 Å². The van der Waals surface area contributed by atoms with E-state index in [1.165, 1.54) is 12.8 Å². The average molecular weight is 201 g/mol. The smallest absolute Gasteiger partial charge is 0.232 e. The van der Waals surface area contributed by atoms with Gasteiger partial charge in [-0.2, -0.15) is 12.6 Å².